The van der Waals surface area contributed by atoms with Crippen LogP contribution in [0, 0.1) is 0 Å². The number of rotatable bonds is 3. The van der Waals surface area contributed by atoms with Crippen molar-refractivity contribution in [2.75, 3.05) is 7.11 Å². The van der Waals surface area contributed by atoms with Gasteiger partial charge in [0.1, 0.15) is 23.6 Å². The van der Waals surface area contributed by atoms with Crippen LogP contribution in [-0.2, 0) is 4.74 Å². The van der Waals surface area contributed by atoms with Gasteiger partial charge in [-0.1, -0.05) is 11.6 Å². The summed E-state index contributed by atoms with van der Waals surface area (Å²) in [5, 5.41) is 5.03. The van der Waals surface area contributed by atoms with E-state index in [1.807, 2.05) is 16.8 Å². The van der Waals surface area contributed by atoms with E-state index >= 15 is 0 Å². The maximum absolute atomic E-state index is 6.12. The van der Waals surface area contributed by atoms with Crippen LogP contribution in [0.15, 0.2) is 24.5 Å². The summed E-state index contributed by atoms with van der Waals surface area (Å²) in [4.78, 5) is 4.47. The first kappa shape index (κ1) is 13.1. The van der Waals surface area contributed by atoms with Crippen LogP contribution < -0.4 is 4.74 Å². The zero-order valence-corrected chi connectivity index (χ0v) is 12.5. The second-order valence-electron chi connectivity index (χ2n) is 5.56. The summed E-state index contributed by atoms with van der Waals surface area (Å²) < 4.78 is 13.2. The average Bonchev–Trinajstić information content (AvgIpc) is 3.22. The first-order valence-corrected chi connectivity index (χ1v) is 7.53. The molecule has 1 aromatic heterocycles. The number of methoxy groups -OCH3 is 1. The van der Waals surface area contributed by atoms with Crippen molar-refractivity contribution in [1.29, 1.82) is 0 Å². The Labute approximate surface area is 127 Å². The lowest BCUT2D eigenvalue weighted by molar-refractivity contribution is 0.0997. The van der Waals surface area contributed by atoms with Gasteiger partial charge in [-0.2, -0.15) is 5.10 Å². The lowest BCUT2D eigenvalue weighted by Gasteiger charge is -2.19. The lowest BCUT2D eigenvalue weighted by atomic mass is 9.88. The molecule has 5 nitrogen and oxygen atoms in total. The molecule has 2 saturated heterocycles. The Morgan fingerprint density at radius 1 is 1.38 bits per heavy atom. The van der Waals surface area contributed by atoms with E-state index in [0.29, 0.717) is 17.0 Å². The van der Waals surface area contributed by atoms with Gasteiger partial charge >= 0.3 is 0 Å². The largest absolute Gasteiger partial charge is 0.494 e. The van der Waals surface area contributed by atoms with Crippen LogP contribution in [0.4, 0.5) is 0 Å². The van der Waals surface area contributed by atoms with Gasteiger partial charge in [-0.05, 0) is 37.5 Å². The summed E-state index contributed by atoms with van der Waals surface area (Å²) in [6, 6.07) is 5.51. The van der Waals surface area contributed by atoms with Gasteiger partial charge in [-0.25, -0.2) is 9.67 Å². The van der Waals surface area contributed by atoms with Crippen LogP contribution in [0.5, 0.6) is 5.75 Å². The number of hydrogen-bond donors (Lipinski definition) is 0. The molecule has 1 aromatic carbocycles. The molecule has 0 spiro atoms. The third-order valence-corrected chi connectivity index (χ3v) is 4.62. The van der Waals surface area contributed by atoms with Gasteiger partial charge in [0.05, 0.1) is 19.3 Å². The standard InChI is InChI=1S/C15H16ClN3O2/c1-20-14-4-2-9(16)6-12(14)19-15(17-8-18-19)11-7-10-3-5-13(11)21-10/h2,4,6,8,10-11,13H,3,5,7H2,1H3/t10-,11+,13+/m0/s1. The first-order valence-electron chi connectivity index (χ1n) is 7.15. The fourth-order valence-electron chi connectivity index (χ4n) is 3.43. The Kier molecular flexibility index (Phi) is 3.12. The van der Waals surface area contributed by atoms with Crippen LogP contribution in [0.1, 0.15) is 31.0 Å². The topological polar surface area (TPSA) is 49.2 Å². The van der Waals surface area contributed by atoms with Gasteiger partial charge in [0, 0.05) is 10.9 Å². The maximum Gasteiger partial charge on any atom is 0.144 e. The molecule has 0 amide bonds. The SMILES string of the molecule is COc1ccc(Cl)cc1-n1ncnc1[C@@H]1C[C@@H]2CC[C@H]1O2. The van der Waals surface area contributed by atoms with Crippen LogP contribution in [0.2, 0.25) is 5.02 Å². The summed E-state index contributed by atoms with van der Waals surface area (Å²) in [5.41, 5.74) is 0.820. The van der Waals surface area contributed by atoms with Crippen molar-refractivity contribution < 1.29 is 9.47 Å². The zero-order valence-electron chi connectivity index (χ0n) is 11.7. The Morgan fingerprint density at radius 2 is 2.29 bits per heavy atom. The quantitative estimate of drug-likeness (QED) is 0.875. The van der Waals surface area contributed by atoms with Gasteiger partial charge in [0.25, 0.3) is 0 Å². The van der Waals surface area contributed by atoms with Crippen LogP contribution in [0.3, 0.4) is 0 Å². The lowest BCUT2D eigenvalue weighted by Crippen LogP contribution is -2.19. The summed E-state index contributed by atoms with van der Waals surface area (Å²) in [6.45, 7) is 0. The smallest absolute Gasteiger partial charge is 0.144 e. The zero-order chi connectivity index (χ0) is 14.4. The van der Waals surface area contributed by atoms with Crippen molar-refractivity contribution in [1.82, 2.24) is 14.8 Å². The number of fused-ring (bicyclic) bond motifs is 2. The molecule has 3 atom stereocenters. The van der Waals surface area contributed by atoms with Crippen LogP contribution >= 0.6 is 11.6 Å². The fraction of sp³-hybridized carbons (Fsp3) is 0.467. The Bertz CT molecular complexity index is 673. The van der Waals surface area contributed by atoms with E-state index in [2.05, 4.69) is 10.1 Å². The van der Waals surface area contributed by atoms with E-state index < -0.39 is 0 Å². The summed E-state index contributed by atoms with van der Waals surface area (Å²) in [7, 11) is 1.64. The molecule has 0 aliphatic carbocycles. The van der Waals surface area contributed by atoms with Crippen LogP contribution in [-0.4, -0.2) is 34.1 Å². The number of ether oxygens (including phenoxy) is 2. The molecule has 0 N–H and O–H groups in total. The van der Waals surface area contributed by atoms with E-state index in [1.54, 1.807) is 19.5 Å². The van der Waals surface area contributed by atoms with Crippen molar-refractivity contribution in [2.45, 2.75) is 37.4 Å². The van der Waals surface area contributed by atoms with Gasteiger partial charge in [-0.15, -0.1) is 0 Å². The number of benzene rings is 1. The van der Waals surface area contributed by atoms with Crippen LogP contribution in [0.25, 0.3) is 5.69 Å². The second-order valence-corrected chi connectivity index (χ2v) is 6.00. The monoisotopic (exact) mass is 305 g/mol. The molecular weight excluding hydrogens is 290 g/mol. The van der Waals surface area contributed by atoms with Crippen molar-refractivity contribution in [3.63, 3.8) is 0 Å². The van der Waals surface area contributed by atoms with Crippen molar-refractivity contribution in [3.05, 3.63) is 35.4 Å². The highest BCUT2D eigenvalue weighted by molar-refractivity contribution is 6.30. The molecule has 0 saturated carbocycles. The minimum absolute atomic E-state index is 0.267. The van der Waals surface area contributed by atoms with E-state index in [9.17, 15) is 0 Å². The van der Waals surface area contributed by atoms with Crippen molar-refractivity contribution in [3.8, 4) is 11.4 Å². The van der Waals surface area contributed by atoms with Gasteiger partial charge in [0.2, 0.25) is 0 Å². The molecule has 4 rings (SSSR count). The molecule has 21 heavy (non-hydrogen) atoms. The van der Waals surface area contributed by atoms with Gasteiger partial charge in [-0.3, -0.25) is 0 Å². The predicted octanol–water partition coefficient (Wildman–Crippen LogP) is 2.96. The van der Waals surface area contributed by atoms with Gasteiger partial charge in [0.15, 0.2) is 0 Å². The number of nitrogens with zero attached hydrogens (tertiary/aromatic N) is 3. The number of aromatic nitrogens is 3. The average molecular weight is 306 g/mol. The molecule has 2 fully saturated rings. The number of hydrogen-bond acceptors (Lipinski definition) is 4. The second kappa shape index (κ2) is 5.00. The minimum Gasteiger partial charge on any atom is -0.494 e. The summed E-state index contributed by atoms with van der Waals surface area (Å²) >= 11 is 6.12. The molecule has 3 heterocycles. The molecule has 0 unspecified atom stereocenters. The summed E-state index contributed by atoms with van der Waals surface area (Å²) in [5.74, 6) is 1.97. The highest BCUT2D eigenvalue weighted by Crippen LogP contribution is 2.44. The Morgan fingerprint density at radius 3 is 3.00 bits per heavy atom. The molecule has 2 aliphatic rings. The molecule has 0 radical (unpaired) electrons. The third-order valence-electron chi connectivity index (χ3n) is 4.38. The predicted molar refractivity (Wildman–Crippen MR) is 78.2 cm³/mol. The molecule has 6 heteroatoms. The van der Waals surface area contributed by atoms with E-state index in [4.69, 9.17) is 21.1 Å². The van der Waals surface area contributed by atoms with E-state index in [1.165, 1.54) is 0 Å². The Hall–Kier alpha value is -1.59. The number of halogens is 1. The Balaban J connectivity index is 1.77. The molecule has 2 bridgehead atoms. The van der Waals surface area contributed by atoms with E-state index in [0.717, 1.165) is 36.5 Å². The maximum atomic E-state index is 6.12. The highest BCUT2D eigenvalue weighted by atomic mass is 35.5. The fourth-order valence-corrected chi connectivity index (χ4v) is 3.59. The van der Waals surface area contributed by atoms with Crippen molar-refractivity contribution >= 4 is 11.6 Å². The molecular formula is C15H16ClN3O2. The third kappa shape index (κ3) is 2.12. The highest BCUT2D eigenvalue weighted by Gasteiger charge is 2.43. The van der Waals surface area contributed by atoms with Gasteiger partial charge < -0.3 is 9.47 Å². The molecule has 2 aromatic rings. The van der Waals surface area contributed by atoms with Crippen molar-refractivity contribution in [2.24, 2.45) is 0 Å². The molecule has 2 aliphatic heterocycles. The summed E-state index contributed by atoms with van der Waals surface area (Å²) in [6.07, 6.45) is 5.52. The minimum atomic E-state index is 0.267. The normalized spacial score (nSPS) is 27.2. The van der Waals surface area contributed by atoms with E-state index in [-0.39, 0.29) is 6.10 Å². The molecule has 110 valence electrons. The first-order chi connectivity index (χ1) is 10.3.